The highest BCUT2D eigenvalue weighted by molar-refractivity contribution is 7.89. The van der Waals surface area contributed by atoms with Gasteiger partial charge in [-0.15, -0.1) is 0 Å². The average molecular weight is 259 g/mol. The molecule has 1 unspecified atom stereocenters. The second-order valence-corrected chi connectivity index (χ2v) is 5.58. The number of sulfonamides is 1. The van der Waals surface area contributed by atoms with E-state index in [0.717, 1.165) is 0 Å². The third-order valence-corrected chi connectivity index (χ3v) is 3.82. The molecular weight excluding hydrogens is 246 g/mol. The lowest BCUT2D eigenvalue weighted by molar-refractivity contribution is 0.574. The van der Waals surface area contributed by atoms with Gasteiger partial charge < -0.3 is 5.73 Å². The molecule has 0 amide bonds. The van der Waals surface area contributed by atoms with E-state index < -0.39 is 10.0 Å². The van der Waals surface area contributed by atoms with Gasteiger partial charge in [0.05, 0.1) is 4.99 Å². The molecule has 0 fully saturated rings. The highest BCUT2D eigenvalue weighted by Crippen LogP contribution is 2.05. The molecule has 16 heavy (non-hydrogen) atoms. The van der Waals surface area contributed by atoms with Gasteiger partial charge in [0.2, 0.25) is 10.0 Å². The Morgan fingerprint density at radius 2 is 2.38 bits per heavy atom. The third-order valence-electron chi connectivity index (χ3n) is 2.01. The predicted molar refractivity (Wildman–Crippen MR) is 65.4 cm³/mol. The van der Waals surface area contributed by atoms with Crippen LogP contribution in [-0.4, -0.2) is 24.9 Å². The Hall–Kier alpha value is -1.05. The van der Waals surface area contributed by atoms with Crippen LogP contribution in [0.2, 0.25) is 0 Å². The highest BCUT2D eigenvalue weighted by Gasteiger charge is 2.15. The molecule has 1 aromatic rings. The van der Waals surface area contributed by atoms with E-state index in [1.54, 1.807) is 13.0 Å². The number of nitrogens with two attached hydrogens (primary N) is 1. The van der Waals surface area contributed by atoms with Crippen molar-refractivity contribution in [1.29, 1.82) is 0 Å². The summed E-state index contributed by atoms with van der Waals surface area (Å²) in [5.74, 6) is -0.179. The third kappa shape index (κ3) is 3.51. The van der Waals surface area contributed by atoms with Gasteiger partial charge in [0, 0.05) is 24.9 Å². The van der Waals surface area contributed by atoms with Crippen LogP contribution in [0.5, 0.6) is 0 Å². The van der Waals surface area contributed by atoms with Gasteiger partial charge in [0.1, 0.15) is 4.90 Å². The highest BCUT2D eigenvalue weighted by atomic mass is 32.2. The normalized spacial score (nSPS) is 13.3. The molecule has 0 saturated carbocycles. The van der Waals surface area contributed by atoms with Gasteiger partial charge in [-0.05, 0) is 12.1 Å². The van der Waals surface area contributed by atoms with Crippen LogP contribution in [0.15, 0.2) is 29.4 Å². The zero-order chi connectivity index (χ0) is 12.2. The zero-order valence-electron chi connectivity index (χ0n) is 8.75. The summed E-state index contributed by atoms with van der Waals surface area (Å²) in [6.45, 7) is 1.95. The van der Waals surface area contributed by atoms with Crippen molar-refractivity contribution in [3.05, 3.63) is 24.5 Å². The van der Waals surface area contributed by atoms with E-state index in [2.05, 4.69) is 9.71 Å². The van der Waals surface area contributed by atoms with Crippen molar-refractivity contribution in [3.63, 3.8) is 0 Å². The monoisotopic (exact) mass is 259 g/mol. The number of hydrogen-bond donors (Lipinski definition) is 2. The molecule has 5 nitrogen and oxygen atoms in total. The summed E-state index contributed by atoms with van der Waals surface area (Å²) >= 11 is 4.75. The second-order valence-electron chi connectivity index (χ2n) is 3.34. The molecule has 1 atom stereocenters. The predicted octanol–water partition coefficient (Wildman–Crippen LogP) is 0.282. The number of hydrogen-bond acceptors (Lipinski definition) is 4. The summed E-state index contributed by atoms with van der Waals surface area (Å²) in [5, 5.41) is 0. The summed E-state index contributed by atoms with van der Waals surface area (Å²) < 4.78 is 25.9. The molecule has 7 heteroatoms. The molecule has 3 N–H and O–H groups in total. The SMILES string of the molecule is CC(CNS(=O)(=O)c1cccnc1)C(N)=S. The Morgan fingerprint density at radius 3 is 2.88 bits per heavy atom. The van der Waals surface area contributed by atoms with Gasteiger partial charge in [0.15, 0.2) is 0 Å². The molecule has 1 rings (SSSR count). The Balaban J connectivity index is 2.71. The van der Waals surface area contributed by atoms with Crippen molar-refractivity contribution >= 4 is 27.2 Å². The summed E-state index contributed by atoms with van der Waals surface area (Å²) in [6, 6.07) is 3.03. The van der Waals surface area contributed by atoms with Crippen molar-refractivity contribution < 1.29 is 8.42 Å². The fraction of sp³-hybridized carbons (Fsp3) is 0.333. The van der Waals surface area contributed by atoms with Crippen molar-refractivity contribution in [2.45, 2.75) is 11.8 Å². The quantitative estimate of drug-likeness (QED) is 0.742. The van der Waals surface area contributed by atoms with Gasteiger partial charge in [-0.1, -0.05) is 19.1 Å². The maximum absolute atomic E-state index is 11.7. The second kappa shape index (κ2) is 5.33. The molecule has 0 radical (unpaired) electrons. The number of nitrogens with one attached hydrogen (secondary N) is 1. The summed E-state index contributed by atoms with van der Waals surface area (Å²) in [5.41, 5.74) is 5.39. The lowest BCUT2D eigenvalue weighted by atomic mass is 10.2. The molecule has 0 aliphatic heterocycles. The van der Waals surface area contributed by atoms with E-state index in [0.29, 0.717) is 0 Å². The van der Waals surface area contributed by atoms with Gasteiger partial charge in [-0.2, -0.15) is 0 Å². The van der Waals surface area contributed by atoms with Crippen molar-refractivity contribution in [2.75, 3.05) is 6.54 Å². The Kier molecular flexibility index (Phi) is 4.34. The smallest absolute Gasteiger partial charge is 0.242 e. The lowest BCUT2D eigenvalue weighted by Crippen LogP contribution is -2.33. The first kappa shape index (κ1) is 13.0. The topological polar surface area (TPSA) is 85.1 Å². The minimum Gasteiger partial charge on any atom is -0.393 e. The molecule has 1 aromatic heterocycles. The Morgan fingerprint density at radius 1 is 1.69 bits per heavy atom. The molecule has 0 saturated heterocycles. The van der Waals surface area contributed by atoms with E-state index in [-0.39, 0.29) is 22.3 Å². The maximum Gasteiger partial charge on any atom is 0.242 e. The molecule has 1 heterocycles. The van der Waals surface area contributed by atoms with Gasteiger partial charge in [-0.3, -0.25) is 4.98 Å². The van der Waals surface area contributed by atoms with Crippen molar-refractivity contribution in [2.24, 2.45) is 11.7 Å². The van der Waals surface area contributed by atoms with Crippen LogP contribution in [0.25, 0.3) is 0 Å². The molecular formula is C9H13N3O2S2. The molecule has 0 spiro atoms. The minimum atomic E-state index is -3.52. The summed E-state index contributed by atoms with van der Waals surface area (Å²) in [6.07, 6.45) is 2.80. The van der Waals surface area contributed by atoms with E-state index in [9.17, 15) is 8.42 Å². The van der Waals surface area contributed by atoms with Crippen LogP contribution >= 0.6 is 12.2 Å². The molecule has 0 aliphatic carbocycles. The van der Waals surface area contributed by atoms with E-state index >= 15 is 0 Å². The number of rotatable bonds is 5. The average Bonchev–Trinajstić information content (AvgIpc) is 2.27. The number of thiocarbonyl (C=S) groups is 1. The summed E-state index contributed by atoms with van der Waals surface area (Å²) in [7, 11) is -3.52. The standard InChI is InChI=1S/C9H13N3O2S2/c1-7(9(10)15)5-12-16(13,14)8-3-2-4-11-6-8/h2-4,6-7,12H,5H2,1H3,(H2,10,15). The first-order chi connectivity index (χ1) is 7.43. The van der Waals surface area contributed by atoms with Crippen LogP contribution in [0, 0.1) is 5.92 Å². The first-order valence-corrected chi connectivity index (χ1v) is 6.51. The van der Waals surface area contributed by atoms with Crippen LogP contribution in [0.1, 0.15) is 6.92 Å². The van der Waals surface area contributed by atoms with Gasteiger partial charge in [-0.25, -0.2) is 13.1 Å². The number of pyridine rings is 1. The minimum absolute atomic E-state index is 0.130. The fourth-order valence-electron chi connectivity index (χ4n) is 0.925. The fourth-order valence-corrected chi connectivity index (χ4v) is 2.10. The molecule has 0 aromatic carbocycles. The van der Waals surface area contributed by atoms with Crippen molar-refractivity contribution in [1.82, 2.24) is 9.71 Å². The number of nitrogens with zero attached hydrogens (tertiary/aromatic N) is 1. The maximum atomic E-state index is 11.7. The largest absolute Gasteiger partial charge is 0.393 e. The Bertz CT molecular complexity index is 459. The lowest BCUT2D eigenvalue weighted by Gasteiger charge is -2.11. The van der Waals surface area contributed by atoms with Crippen molar-refractivity contribution in [3.8, 4) is 0 Å². The van der Waals surface area contributed by atoms with Crippen LogP contribution in [-0.2, 0) is 10.0 Å². The van der Waals surface area contributed by atoms with Gasteiger partial charge in [0.25, 0.3) is 0 Å². The van der Waals surface area contributed by atoms with E-state index in [4.69, 9.17) is 18.0 Å². The van der Waals surface area contributed by atoms with Gasteiger partial charge >= 0.3 is 0 Å². The van der Waals surface area contributed by atoms with E-state index in [1.165, 1.54) is 18.5 Å². The van der Waals surface area contributed by atoms with Crippen LogP contribution < -0.4 is 10.5 Å². The molecule has 0 bridgehead atoms. The van der Waals surface area contributed by atoms with Crippen LogP contribution in [0.4, 0.5) is 0 Å². The molecule has 0 aliphatic rings. The van der Waals surface area contributed by atoms with E-state index in [1.807, 2.05) is 0 Å². The summed E-state index contributed by atoms with van der Waals surface area (Å²) in [4.78, 5) is 4.16. The molecule has 88 valence electrons. The first-order valence-electron chi connectivity index (χ1n) is 4.62. The zero-order valence-corrected chi connectivity index (χ0v) is 10.4. The number of aromatic nitrogens is 1. The Labute approximate surface area is 100 Å². The van der Waals surface area contributed by atoms with Crippen LogP contribution in [0.3, 0.4) is 0 Å².